The Hall–Kier alpha value is -3.52. The number of amides is 1. The maximum atomic E-state index is 12.3. The fourth-order valence-corrected chi connectivity index (χ4v) is 3.56. The number of esters is 1. The SMILES string of the molecule is CCOC(=O)c1ccc(NCc2cc(OC)c(OCC(=O)Nc3ccc(C)cc3)cc2Br)cc1. The van der Waals surface area contributed by atoms with E-state index in [1.54, 1.807) is 32.2 Å². The second-order valence-corrected chi connectivity index (χ2v) is 8.30. The maximum absolute atomic E-state index is 12.3. The second-order valence-electron chi connectivity index (χ2n) is 7.45. The van der Waals surface area contributed by atoms with E-state index in [4.69, 9.17) is 14.2 Å². The van der Waals surface area contributed by atoms with Crippen LogP contribution >= 0.6 is 15.9 Å². The van der Waals surface area contributed by atoms with E-state index in [0.29, 0.717) is 35.9 Å². The van der Waals surface area contributed by atoms with E-state index in [1.807, 2.05) is 49.4 Å². The molecule has 2 N–H and O–H groups in total. The van der Waals surface area contributed by atoms with Crippen molar-refractivity contribution < 1.29 is 23.8 Å². The summed E-state index contributed by atoms with van der Waals surface area (Å²) >= 11 is 3.56. The topological polar surface area (TPSA) is 85.9 Å². The number of rotatable bonds is 10. The van der Waals surface area contributed by atoms with Gasteiger partial charge in [0, 0.05) is 22.4 Å². The molecule has 34 heavy (non-hydrogen) atoms. The van der Waals surface area contributed by atoms with Gasteiger partial charge < -0.3 is 24.8 Å². The average molecular weight is 527 g/mol. The molecule has 0 aliphatic heterocycles. The number of carbonyl (C=O) groups is 2. The van der Waals surface area contributed by atoms with Crippen molar-refractivity contribution in [2.75, 3.05) is 31.0 Å². The van der Waals surface area contributed by atoms with Crippen molar-refractivity contribution in [2.45, 2.75) is 20.4 Å². The molecule has 0 aliphatic rings. The van der Waals surface area contributed by atoms with E-state index in [1.165, 1.54) is 0 Å². The minimum atomic E-state index is -0.343. The monoisotopic (exact) mass is 526 g/mol. The third-order valence-corrected chi connectivity index (χ3v) is 5.64. The van der Waals surface area contributed by atoms with E-state index in [0.717, 1.165) is 21.3 Å². The van der Waals surface area contributed by atoms with Crippen LogP contribution in [0.3, 0.4) is 0 Å². The van der Waals surface area contributed by atoms with E-state index < -0.39 is 0 Å². The van der Waals surface area contributed by atoms with Crippen molar-refractivity contribution in [2.24, 2.45) is 0 Å². The van der Waals surface area contributed by atoms with Crippen LogP contribution < -0.4 is 20.1 Å². The summed E-state index contributed by atoms with van der Waals surface area (Å²) in [7, 11) is 1.55. The molecule has 3 aromatic rings. The Morgan fingerprint density at radius 1 is 0.941 bits per heavy atom. The van der Waals surface area contributed by atoms with Crippen LogP contribution in [-0.4, -0.2) is 32.2 Å². The summed E-state index contributed by atoms with van der Waals surface area (Å²) in [4.78, 5) is 24.0. The first-order valence-electron chi connectivity index (χ1n) is 10.8. The first-order chi connectivity index (χ1) is 16.4. The van der Waals surface area contributed by atoms with E-state index >= 15 is 0 Å². The lowest BCUT2D eigenvalue weighted by atomic mass is 10.1. The number of carbonyl (C=O) groups excluding carboxylic acids is 2. The van der Waals surface area contributed by atoms with Gasteiger partial charge >= 0.3 is 5.97 Å². The number of aryl methyl sites for hydroxylation is 1. The second kappa shape index (κ2) is 12.1. The largest absolute Gasteiger partial charge is 0.493 e. The van der Waals surface area contributed by atoms with Gasteiger partial charge in [-0.1, -0.05) is 33.6 Å². The summed E-state index contributed by atoms with van der Waals surface area (Å²) < 4.78 is 17.0. The lowest BCUT2D eigenvalue weighted by molar-refractivity contribution is -0.118. The van der Waals surface area contributed by atoms with Gasteiger partial charge in [0.05, 0.1) is 19.3 Å². The summed E-state index contributed by atoms with van der Waals surface area (Å²) in [6.07, 6.45) is 0. The molecule has 0 aromatic heterocycles. The Balaban J connectivity index is 1.59. The minimum absolute atomic E-state index is 0.152. The van der Waals surface area contributed by atoms with Crippen LogP contribution in [0.5, 0.6) is 11.5 Å². The summed E-state index contributed by atoms with van der Waals surface area (Å²) in [5.41, 5.74) is 4.12. The van der Waals surface area contributed by atoms with Crippen LogP contribution in [0.2, 0.25) is 0 Å². The van der Waals surface area contributed by atoms with Crippen molar-refractivity contribution in [3.05, 3.63) is 81.8 Å². The maximum Gasteiger partial charge on any atom is 0.338 e. The molecule has 0 unspecified atom stereocenters. The Morgan fingerprint density at radius 2 is 1.62 bits per heavy atom. The number of hydrogen-bond acceptors (Lipinski definition) is 6. The molecular weight excluding hydrogens is 500 g/mol. The number of hydrogen-bond donors (Lipinski definition) is 2. The Labute approximate surface area is 207 Å². The van der Waals surface area contributed by atoms with E-state index in [-0.39, 0.29) is 18.5 Å². The highest BCUT2D eigenvalue weighted by Crippen LogP contribution is 2.34. The summed E-state index contributed by atoms with van der Waals surface area (Å²) in [6.45, 7) is 4.45. The van der Waals surface area contributed by atoms with E-state index in [2.05, 4.69) is 26.6 Å². The molecule has 0 heterocycles. The number of nitrogens with one attached hydrogen (secondary N) is 2. The number of ether oxygens (including phenoxy) is 3. The molecule has 1 amide bonds. The molecule has 178 valence electrons. The molecule has 3 aromatic carbocycles. The van der Waals surface area contributed by atoms with Gasteiger partial charge in [-0.2, -0.15) is 0 Å². The highest BCUT2D eigenvalue weighted by atomic mass is 79.9. The third-order valence-electron chi connectivity index (χ3n) is 4.91. The zero-order valence-electron chi connectivity index (χ0n) is 19.3. The average Bonchev–Trinajstić information content (AvgIpc) is 2.84. The number of halogens is 1. The molecule has 0 aliphatic carbocycles. The third kappa shape index (κ3) is 6.99. The standard InChI is InChI=1S/C26H27BrN2O5/c1-4-33-26(31)18-7-11-20(12-8-18)28-15-19-13-23(32-3)24(14-22(19)27)34-16-25(30)29-21-9-5-17(2)6-10-21/h5-14,28H,4,15-16H2,1-3H3,(H,29,30). The van der Waals surface area contributed by atoms with Gasteiger partial charge in [-0.05, 0) is 67.9 Å². The first kappa shape index (κ1) is 25.1. The summed E-state index contributed by atoms with van der Waals surface area (Å²) in [5.74, 6) is 0.362. The molecule has 0 radical (unpaired) electrons. The highest BCUT2D eigenvalue weighted by molar-refractivity contribution is 9.10. The first-order valence-corrected chi connectivity index (χ1v) is 11.6. The fraction of sp³-hybridized carbons (Fsp3) is 0.231. The fourth-order valence-electron chi connectivity index (χ4n) is 3.10. The van der Waals surface area contributed by atoms with Gasteiger partial charge in [0.25, 0.3) is 5.91 Å². The predicted octanol–water partition coefficient (Wildman–Crippen LogP) is 5.57. The van der Waals surface area contributed by atoms with E-state index in [9.17, 15) is 9.59 Å². The van der Waals surface area contributed by atoms with Gasteiger partial charge in [-0.25, -0.2) is 4.79 Å². The zero-order valence-corrected chi connectivity index (χ0v) is 20.9. The highest BCUT2D eigenvalue weighted by Gasteiger charge is 2.13. The van der Waals surface area contributed by atoms with Gasteiger partial charge in [0.2, 0.25) is 0 Å². The van der Waals surface area contributed by atoms with Crippen LogP contribution in [0.15, 0.2) is 65.1 Å². The van der Waals surface area contributed by atoms with Crippen LogP contribution in [-0.2, 0) is 16.1 Å². The Morgan fingerprint density at radius 3 is 2.26 bits per heavy atom. The zero-order chi connectivity index (χ0) is 24.5. The molecule has 0 atom stereocenters. The van der Waals surface area contributed by atoms with Crippen LogP contribution in [0.4, 0.5) is 11.4 Å². The molecule has 8 heteroatoms. The predicted molar refractivity (Wildman–Crippen MR) is 136 cm³/mol. The molecule has 7 nitrogen and oxygen atoms in total. The van der Waals surface area contributed by atoms with Gasteiger partial charge in [-0.3, -0.25) is 4.79 Å². The molecule has 3 rings (SSSR count). The van der Waals surface area contributed by atoms with Crippen molar-refractivity contribution in [3.63, 3.8) is 0 Å². The summed E-state index contributed by atoms with van der Waals surface area (Å²) in [6, 6.07) is 18.2. The van der Waals surface area contributed by atoms with Crippen LogP contribution in [0, 0.1) is 6.92 Å². The lowest BCUT2D eigenvalue weighted by Gasteiger charge is -2.15. The van der Waals surface area contributed by atoms with Crippen molar-refractivity contribution in [3.8, 4) is 11.5 Å². The minimum Gasteiger partial charge on any atom is -0.493 e. The quantitative estimate of drug-likeness (QED) is 0.335. The molecule has 0 spiro atoms. The van der Waals surface area contributed by atoms with Crippen molar-refractivity contribution >= 4 is 39.2 Å². The van der Waals surface area contributed by atoms with Gasteiger partial charge in [0.1, 0.15) is 0 Å². The number of anilines is 2. The lowest BCUT2D eigenvalue weighted by Crippen LogP contribution is -2.20. The van der Waals surface area contributed by atoms with Crippen LogP contribution in [0.25, 0.3) is 0 Å². The van der Waals surface area contributed by atoms with Gasteiger partial charge in [-0.15, -0.1) is 0 Å². The normalized spacial score (nSPS) is 10.4. The summed E-state index contributed by atoms with van der Waals surface area (Å²) in [5, 5.41) is 6.11. The van der Waals surface area contributed by atoms with Crippen molar-refractivity contribution in [1.29, 1.82) is 0 Å². The molecule has 0 saturated heterocycles. The van der Waals surface area contributed by atoms with Crippen LogP contribution in [0.1, 0.15) is 28.4 Å². The van der Waals surface area contributed by atoms with Gasteiger partial charge in [0.15, 0.2) is 18.1 Å². The molecular formula is C26H27BrN2O5. The number of benzene rings is 3. The Kier molecular flexibility index (Phi) is 8.93. The Bertz CT molecular complexity index is 1130. The molecule has 0 bridgehead atoms. The number of methoxy groups -OCH3 is 1. The smallest absolute Gasteiger partial charge is 0.338 e. The molecule has 0 fully saturated rings. The van der Waals surface area contributed by atoms with Crippen molar-refractivity contribution in [1.82, 2.24) is 0 Å². The molecule has 0 saturated carbocycles.